The van der Waals surface area contributed by atoms with Crippen molar-refractivity contribution in [1.82, 2.24) is 5.32 Å². The first kappa shape index (κ1) is 16.6. The van der Waals surface area contributed by atoms with E-state index in [1.807, 2.05) is 0 Å². The van der Waals surface area contributed by atoms with Gasteiger partial charge in [0.25, 0.3) is 0 Å². The summed E-state index contributed by atoms with van der Waals surface area (Å²) in [5, 5.41) is 14.9. The van der Waals surface area contributed by atoms with Crippen LogP contribution >= 0.6 is 0 Å². The van der Waals surface area contributed by atoms with Crippen LogP contribution in [-0.4, -0.2) is 22.8 Å². The number of hydrogen-bond acceptors (Lipinski definition) is 2. The van der Waals surface area contributed by atoms with Crippen LogP contribution in [0, 0.1) is 17.3 Å². The number of aryl methyl sites for hydroxylation is 1. The molecule has 4 saturated carbocycles. The highest BCUT2D eigenvalue weighted by atomic mass is 16.3. The summed E-state index contributed by atoms with van der Waals surface area (Å²) < 4.78 is 0. The zero-order chi connectivity index (χ0) is 16.8. The molecule has 0 unspecified atom stereocenters. The Morgan fingerprint density at radius 3 is 2.38 bits per heavy atom. The Morgan fingerprint density at radius 1 is 1.08 bits per heavy atom. The van der Waals surface area contributed by atoms with Gasteiger partial charge in [0.2, 0.25) is 0 Å². The molecule has 0 heterocycles. The minimum Gasteiger partial charge on any atom is -0.390 e. The Hall–Kier alpha value is -0.860. The topological polar surface area (TPSA) is 32.3 Å². The maximum atomic E-state index is 11.0. The van der Waals surface area contributed by atoms with Gasteiger partial charge in [0.05, 0.1) is 5.60 Å². The molecule has 0 aliphatic heterocycles. The summed E-state index contributed by atoms with van der Waals surface area (Å²) in [6, 6.07) is 11.8. The summed E-state index contributed by atoms with van der Waals surface area (Å²) in [7, 11) is 0. The van der Waals surface area contributed by atoms with Gasteiger partial charge in [0.15, 0.2) is 0 Å². The molecular weight excluding hydrogens is 294 g/mol. The van der Waals surface area contributed by atoms with Crippen molar-refractivity contribution in [3.8, 4) is 0 Å². The summed E-state index contributed by atoms with van der Waals surface area (Å²) in [5.74, 6) is 1.56. The Labute approximate surface area is 147 Å². The van der Waals surface area contributed by atoms with Gasteiger partial charge >= 0.3 is 0 Å². The first-order valence-electron chi connectivity index (χ1n) is 9.99. The lowest BCUT2D eigenvalue weighted by Gasteiger charge is -2.62. The lowest BCUT2D eigenvalue weighted by atomic mass is 9.46. The van der Waals surface area contributed by atoms with Crippen molar-refractivity contribution in [2.45, 2.75) is 82.9 Å². The molecular formula is C22H33NO. The van der Waals surface area contributed by atoms with Crippen LogP contribution in [0.4, 0.5) is 0 Å². The van der Waals surface area contributed by atoms with Crippen molar-refractivity contribution in [1.29, 1.82) is 0 Å². The summed E-state index contributed by atoms with van der Waals surface area (Å²) >= 11 is 0. The quantitative estimate of drug-likeness (QED) is 0.815. The molecule has 1 aromatic carbocycles. The highest BCUT2D eigenvalue weighted by molar-refractivity contribution is 5.15. The van der Waals surface area contributed by atoms with Crippen molar-refractivity contribution in [2.24, 2.45) is 17.3 Å². The number of nitrogens with one attached hydrogen (secondary N) is 1. The summed E-state index contributed by atoms with van der Waals surface area (Å²) in [5.41, 5.74) is 1.44. The molecule has 4 aliphatic carbocycles. The summed E-state index contributed by atoms with van der Waals surface area (Å²) in [6.07, 6.45) is 9.55. The number of hydrogen-bond donors (Lipinski definition) is 2. The second-order valence-electron chi connectivity index (χ2n) is 9.36. The van der Waals surface area contributed by atoms with Gasteiger partial charge in [-0.3, -0.25) is 0 Å². The smallest absolute Gasteiger partial charge is 0.0659 e. The molecule has 1 aromatic rings. The Morgan fingerprint density at radius 2 is 1.75 bits per heavy atom. The van der Waals surface area contributed by atoms with Crippen molar-refractivity contribution < 1.29 is 5.11 Å². The van der Waals surface area contributed by atoms with Gasteiger partial charge in [0, 0.05) is 12.1 Å². The molecule has 4 bridgehead atoms. The van der Waals surface area contributed by atoms with Gasteiger partial charge in [-0.15, -0.1) is 0 Å². The fourth-order valence-electron chi connectivity index (χ4n) is 6.51. The van der Waals surface area contributed by atoms with Crippen LogP contribution in [0.25, 0.3) is 0 Å². The minimum atomic E-state index is -0.340. The van der Waals surface area contributed by atoms with E-state index in [0.717, 1.165) is 37.5 Å². The monoisotopic (exact) mass is 327 g/mol. The standard InChI is InChI=1S/C22H33NO/c1-16(8-9-18-6-4-3-5-7-18)23-17(2)21-11-19-10-20(12-21)14-22(24,13-19)15-21/h3-7,16-17,19-20,23-24H,8-15H2,1-2H3/t16-,17+,19-,20-,21?,22?/m1/s1. The normalized spacial score (nSPS) is 39.8. The van der Waals surface area contributed by atoms with Gasteiger partial charge in [-0.1, -0.05) is 30.3 Å². The van der Waals surface area contributed by atoms with E-state index in [9.17, 15) is 5.11 Å². The van der Waals surface area contributed by atoms with Crippen LogP contribution in [0.3, 0.4) is 0 Å². The fraction of sp³-hybridized carbons (Fsp3) is 0.727. The number of rotatable bonds is 6. The van der Waals surface area contributed by atoms with E-state index in [1.54, 1.807) is 0 Å². The molecule has 2 N–H and O–H groups in total. The van der Waals surface area contributed by atoms with Gasteiger partial charge in [-0.2, -0.15) is 0 Å². The lowest BCUT2D eigenvalue weighted by molar-refractivity contribution is -0.172. The van der Waals surface area contributed by atoms with Crippen molar-refractivity contribution >= 4 is 0 Å². The van der Waals surface area contributed by atoms with E-state index in [1.165, 1.54) is 31.2 Å². The first-order valence-corrected chi connectivity index (χ1v) is 9.99. The van der Waals surface area contributed by atoms with E-state index in [4.69, 9.17) is 0 Å². The van der Waals surface area contributed by atoms with Crippen LogP contribution in [0.1, 0.15) is 64.4 Å². The van der Waals surface area contributed by atoms with E-state index >= 15 is 0 Å². The molecule has 5 rings (SSSR count). The van der Waals surface area contributed by atoms with Crippen LogP contribution in [0.5, 0.6) is 0 Å². The van der Waals surface area contributed by atoms with Crippen LogP contribution in [-0.2, 0) is 6.42 Å². The molecule has 2 heteroatoms. The number of aliphatic hydroxyl groups is 1. The lowest BCUT2D eigenvalue weighted by Crippen LogP contribution is -2.61. The molecule has 0 spiro atoms. The molecule has 0 aromatic heterocycles. The molecule has 2 nitrogen and oxygen atoms in total. The molecule has 0 amide bonds. The van der Waals surface area contributed by atoms with Crippen molar-refractivity contribution in [3.05, 3.63) is 35.9 Å². The van der Waals surface area contributed by atoms with Crippen LogP contribution in [0.15, 0.2) is 30.3 Å². The minimum absolute atomic E-state index is 0.340. The average Bonchev–Trinajstić information content (AvgIpc) is 2.51. The molecule has 24 heavy (non-hydrogen) atoms. The second kappa shape index (κ2) is 6.14. The third-order valence-corrected chi connectivity index (χ3v) is 7.24. The highest BCUT2D eigenvalue weighted by Gasteiger charge is 2.58. The van der Waals surface area contributed by atoms with E-state index in [2.05, 4.69) is 49.5 Å². The van der Waals surface area contributed by atoms with E-state index < -0.39 is 0 Å². The largest absolute Gasteiger partial charge is 0.390 e. The summed E-state index contributed by atoms with van der Waals surface area (Å²) in [4.78, 5) is 0. The molecule has 132 valence electrons. The predicted octanol–water partition coefficient (Wildman–Crippen LogP) is 4.32. The van der Waals surface area contributed by atoms with Gasteiger partial charge in [-0.05, 0) is 88.0 Å². The Kier molecular flexibility index (Phi) is 4.25. The maximum Gasteiger partial charge on any atom is 0.0659 e. The molecule has 0 radical (unpaired) electrons. The highest BCUT2D eigenvalue weighted by Crippen LogP contribution is 2.62. The zero-order valence-electron chi connectivity index (χ0n) is 15.3. The zero-order valence-corrected chi connectivity index (χ0v) is 15.3. The third kappa shape index (κ3) is 3.15. The van der Waals surface area contributed by atoms with Gasteiger partial charge in [-0.25, -0.2) is 0 Å². The maximum absolute atomic E-state index is 11.0. The fourth-order valence-corrected chi connectivity index (χ4v) is 6.51. The van der Waals surface area contributed by atoms with Crippen LogP contribution in [0.2, 0.25) is 0 Å². The van der Waals surface area contributed by atoms with E-state index in [0.29, 0.717) is 17.5 Å². The second-order valence-corrected chi connectivity index (χ2v) is 9.36. The van der Waals surface area contributed by atoms with E-state index in [-0.39, 0.29) is 5.60 Å². The van der Waals surface area contributed by atoms with Gasteiger partial charge in [0.1, 0.15) is 0 Å². The molecule has 0 saturated heterocycles. The molecule has 4 atom stereocenters. The number of benzene rings is 1. The SMILES string of the molecule is C[C@H](CCc1ccccc1)N[C@@H](C)C12C[C@H]3C[C@@H](CC(O)(C3)C1)C2. The molecule has 4 fully saturated rings. The van der Waals surface area contributed by atoms with Crippen LogP contribution < -0.4 is 5.32 Å². The first-order chi connectivity index (χ1) is 11.5. The Balaban J connectivity index is 1.36. The third-order valence-electron chi connectivity index (χ3n) is 7.24. The van der Waals surface area contributed by atoms with Gasteiger partial charge < -0.3 is 10.4 Å². The average molecular weight is 328 g/mol. The predicted molar refractivity (Wildman–Crippen MR) is 98.9 cm³/mol. The van der Waals surface area contributed by atoms with Crippen molar-refractivity contribution in [2.75, 3.05) is 0 Å². The molecule has 4 aliphatic rings. The van der Waals surface area contributed by atoms with Crippen molar-refractivity contribution in [3.63, 3.8) is 0 Å². The summed E-state index contributed by atoms with van der Waals surface area (Å²) in [6.45, 7) is 4.71. The Bertz CT molecular complexity index is 555.